The number of esters is 4. The number of nitrogens with one attached hydrogen (secondary N) is 3. The van der Waals surface area contributed by atoms with Crippen LogP contribution in [-0.2, 0) is 63.7 Å². The Morgan fingerprint density at radius 1 is 0.821 bits per heavy atom. The first-order valence-electron chi connectivity index (χ1n) is 16.9. The van der Waals surface area contributed by atoms with Crippen molar-refractivity contribution in [1.29, 1.82) is 0 Å². The molecule has 1 aliphatic rings. The molecule has 22 nitrogen and oxygen atoms in total. The highest BCUT2D eigenvalue weighted by Crippen LogP contribution is 2.35. The average Bonchev–Trinajstić information content (AvgIpc) is 3.08. The summed E-state index contributed by atoms with van der Waals surface area (Å²) in [6, 6.07) is 3.43. The summed E-state index contributed by atoms with van der Waals surface area (Å²) in [7, 11) is 0. The summed E-state index contributed by atoms with van der Waals surface area (Å²) in [4.78, 5) is 96.0. The predicted molar refractivity (Wildman–Crippen MR) is 190 cm³/mol. The van der Waals surface area contributed by atoms with Crippen molar-refractivity contribution in [2.45, 2.75) is 97.5 Å². The van der Waals surface area contributed by atoms with Gasteiger partial charge in [0.2, 0.25) is 12.4 Å². The average molecular weight is 819 g/mol. The molecule has 1 aromatic rings. The third-order valence-corrected chi connectivity index (χ3v) is 7.01. The second kappa shape index (κ2) is 22.1. The molecule has 0 aliphatic carbocycles. The Kier molecular flexibility index (Phi) is 18.4. The number of amides is 3. The lowest BCUT2D eigenvalue weighted by molar-refractivity contribution is -0.387. The number of carbonyl (C=O) groups is 7. The number of hydrogen-bond donors (Lipinski definition) is 4. The lowest BCUT2D eigenvalue weighted by Gasteiger charge is -2.43. The van der Waals surface area contributed by atoms with Gasteiger partial charge in [-0.25, -0.2) is 14.4 Å². The molecule has 0 radical (unpaired) electrons. The number of nitro groups is 1. The molecule has 1 heterocycles. The standard InChI is InChI=1S/C33H46N4O18S/c1-17(38)47-16-25-26(49-18(2)39)27(50-19(3)40)28(51-20(4)41)29(54-25)53-24-9-8-21(12-23(24)37(45)46)15-48-30(42)35-13-22(52-31(43)34-10-11-56)14-36-32(44)55-33(5,6)7/h8-9,12,22,25-29,56H,10-11,13-16H2,1-7H3,(H,34,43)(H,35,42)(H,36,44)/t22?,25?,26-,27?,28-,29+/m0/s1. The molecule has 0 spiro atoms. The number of ether oxygens (including phenoxy) is 9. The van der Waals surface area contributed by atoms with Crippen LogP contribution >= 0.6 is 12.6 Å². The fourth-order valence-electron chi connectivity index (χ4n) is 4.72. The van der Waals surface area contributed by atoms with Crippen LogP contribution in [0.5, 0.6) is 5.75 Å². The molecule has 23 heteroatoms. The number of nitrogens with zero attached hydrogens (tertiary/aromatic N) is 1. The minimum Gasteiger partial charge on any atom is -0.463 e. The molecule has 2 rings (SSSR count). The van der Waals surface area contributed by atoms with Crippen molar-refractivity contribution >= 4 is 60.5 Å². The summed E-state index contributed by atoms with van der Waals surface area (Å²) >= 11 is 4.00. The van der Waals surface area contributed by atoms with Crippen LogP contribution in [0, 0.1) is 10.1 Å². The third kappa shape index (κ3) is 16.8. The maximum atomic E-state index is 12.6. The lowest BCUT2D eigenvalue weighted by Crippen LogP contribution is -2.63. The molecule has 6 atom stereocenters. The van der Waals surface area contributed by atoms with Gasteiger partial charge in [-0.15, -0.1) is 0 Å². The van der Waals surface area contributed by atoms with Crippen molar-refractivity contribution in [3.05, 3.63) is 33.9 Å². The van der Waals surface area contributed by atoms with Gasteiger partial charge in [-0.05, 0) is 32.4 Å². The van der Waals surface area contributed by atoms with Crippen molar-refractivity contribution < 1.29 is 81.1 Å². The Morgan fingerprint density at radius 2 is 1.41 bits per heavy atom. The predicted octanol–water partition coefficient (Wildman–Crippen LogP) is 1.83. The second-order valence-corrected chi connectivity index (χ2v) is 13.2. The molecule has 1 fully saturated rings. The van der Waals surface area contributed by atoms with Gasteiger partial charge in [0.15, 0.2) is 18.0 Å². The normalized spacial score (nSPS) is 19.5. The number of benzene rings is 1. The quantitative estimate of drug-likeness (QED) is 0.0573. The zero-order valence-electron chi connectivity index (χ0n) is 31.7. The van der Waals surface area contributed by atoms with Gasteiger partial charge in [-0.2, -0.15) is 12.6 Å². The van der Waals surface area contributed by atoms with Gasteiger partial charge in [0.25, 0.3) is 0 Å². The SMILES string of the molecule is CC(=O)OCC1O[C@@H](Oc2ccc(COC(=O)NCC(CNC(=O)OC(C)(C)C)OC(=O)NCCS)cc2[N+](=O)[O-])[C@@H](OC(C)=O)C(OC(C)=O)[C@H]1OC(C)=O. The van der Waals surface area contributed by atoms with Crippen LogP contribution in [0.4, 0.5) is 20.1 Å². The van der Waals surface area contributed by atoms with E-state index >= 15 is 0 Å². The van der Waals surface area contributed by atoms with Crippen LogP contribution in [0.1, 0.15) is 54.0 Å². The highest BCUT2D eigenvalue weighted by Gasteiger charge is 2.53. The first-order chi connectivity index (χ1) is 26.2. The summed E-state index contributed by atoms with van der Waals surface area (Å²) < 4.78 is 48.2. The highest BCUT2D eigenvalue weighted by atomic mass is 32.1. The van der Waals surface area contributed by atoms with Gasteiger partial charge in [-0.1, -0.05) is 6.07 Å². The summed E-state index contributed by atoms with van der Waals surface area (Å²) in [6.07, 6.45) is -11.6. The van der Waals surface area contributed by atoms with Crippen molar-refractivity contribution in [3.8, 4) is 5.75 Å². The molecule has 0 saturated carbocycles. The number of carbonyl (C=O) groups excluding carboxylic acids is 7. The fourth-order valence-corrected chi connectivity index (χ4v) is 4.83. The van der Waals surface area contributed by atoms with Crippen molar-refractivity contribution in [1.82, 2.24) is 16.0 Å². The van der Waals surface area contributed by atoms with Gasteiger partial charge in [0, 0.05) is 46.1 Å². The third-order valence-electron chi connectivity index (χ3n) is 6.78. The number of thiol groups is 1. The van der Waals surface area contributed by atoms with Gasteiger partial charge in [0.05, 0.1) is 18.0 Å². The Morgan fingerprint density at radius 3 is 1.96 bits per heavy atom. The van der Waals surface area contributed by atoms with E-state index in [2.05, 4.69) is 28.6 Å². The second-order valence-electron chi connectivity index (χ2n) is 12.8. The zero-order valence-corrected chi connectivity index (χ0v) is 32.6. The number of hydrogen-bond acceptors (Lipinski definition) is 19. The molecular weight excluding hydrogens is 772 g/mol. The molecule has 3 N–H and O–H groups in total. The van der Waals surface area contributed by atoms with E-state index in [1.807, 2.05) is 0 Å². The van der Waals surface area contributed by atoms with E-state index in [1.54, 1.807) is 20.8 Å². The van der Waals surface area contributed by atoms with E-state index in [0.29, 0.717) is 5.75 Å². The Bertz CT molecular complexity index is 1590. The smallest absolute Gasteiger partial charge is 0.407 e. The minimum atomic E-state index is -1.76. The molecule has 3 amide bonds. The van der Waals surface area contributed by atoms with Crippen molar-refractivity contribution in [3.63, 3.8) is 0 Å². The van der Waals surface area contributed by atoms with Gasteiger partial charge < -0.3 is 58.6 Å². The van der Waals surface area contributed by atoms with Gasteiger partial charge >= 0.3 is 47.8 Å². The van der Waals surface area contributed by atoms with Crippen LogP contribution in [0.2, 0.25) is 0 Å². The molecule has 0 bridgehead atoms. The van der Waals surface area contributed by atoms with Crippen molar-refractivity contribution in [2.75, 3.05) is 32.0 Å². The zero-order chi connectivity index (χ0) is 42.2. The summed E-state index contributed by atoms with van der Waals surface area (Å²) in [6.45, 7) is 7.66. The fraction of sp³-hybridized carbons (Fsp3) is 0.606. The van der Waals surface area contributed by atoms with Gasteiger partial charge in [0.1, 0.15) is 31.0 Å². The Balaban J connectivity index is 2.26. The molecule has 56 heavy (non-hydrogen) atoms. The Hall–Kier alpha value is -5.58. The maximum Gasteiger partial charge on any atom is 0.407 e. The molecule has 1 aromatic carbocycles. The van der Waals surface area contributed by atoms with Gasteiger partial charge in [-0.3, -0.25) is 29.3 Å². The number of alkyl carbamates (subject to hydrolysis) is 3. The van der Waals surface area contributed by atoms with Crippen LogP contribution in [0.15, 0.2) is 18.2 Å². The largest absolute Gasteiger partial charge is 0.463 e. The van der Waals surface area contributed by atoms with E-state index in [4.69, 9.17) is 42.6 Å². The minimum absolute atomic E-state index is 0.103. The first-order valence-corrected chi connectivity index (χ1v) is 17.5. The summed E-state index contributed by atoms with van der Waals surface area (Å²) in [5, 5.41) is 19.4. The molecule has 1 saturated heterocycles. The van der Waals surface area contributed by atoms with E-state index in [0.717, 1.165) is 39.8 Å². The van der Waals surface area contributed by atoms with Crippen molar-refractivity contribution in [2.24, 2.45) is 0 Å². The molecule has 312 valence electrons. The molecule has 3 unspecified atom stereocenters. The van der Waals surface area contributed by atoms with Crippen LogP contribution in [0.3, 0.4) is 0 Å². The number of rotatable bonds is 17. The van der Waals surface area contributed by atoms with E-state index in [-0.39, 0.29) is 25.2 Å². The van der Waals surface area contributed by atoms with E-state index in [9.17, 15) is 43.7 Å². The highest BCUT2D eigenvalue weighted by molar-refractivity contribution is 7.80. The van der Waals surface area contributed by atoms with Crippen LogP contribution < -0.4 is 20.7 Å². The number of nitro benzene ring substituents is 1. The Labute approximate surface area is 326 Å². The van der Waals surface area contributed by atoms with Crippen LogP contribution in [-0.4, -0.2) is 121 Å². The lowest BCUT2D eigenvalue weighted by atomic mass is 9.98. The topological polar surface area (TPSA) is 282 Å². The molecule has 0 aromatic heterocycles. The summed E-state index contributed by atoms with van der Waals surface area (Å²) in [5.74, 6) is -3.55. The summed E-state index contributed by atoms with van der Waals surface area (Å²) in [5.41, 5.74) is -1.37. The monoisotopic (exact) mass is 818 g/mol. The first kappa shape index (κ1) is 46.6. The van der Waals surface area contributed by atoms with E-state index < -0.39 is 114 Å². The van der Waals surface area contributed by atoms with E-state index in [1.165, 1.54) is 6.07 Å². The molecular formula is C33H46N4O18S. The van der Waals surface area contributed by atoms with Crippen LogP contribution in [0.25, 0.3) is 0 Å². The maximum absolute atomic E-state index is 12.6. The molecule has 1 aliphatic heterocycles.